The van der Waals surface area contributed by atoms with Crippen molar-refractivity contribution >= 4 is 44.8 Å². The first-order valence-electron chi connectivity index (χ1n) is 7.91. The highest BCUT2D eigenvalue weighted by Gasteiger charge is 2.31. The summed E-state index contributed by atoms with van der Waals surface area (Å²) in [5.41, 5.74) is 0.795. The smallest absolute Gasteiger partial charge is 0.267 e. The van der Waals surface area contributed by atoms with Crippen LogP contribution in [-0.2, 0) is 4.79 Å². The molecule has 0 saturated carbocycles. The fourth-order valence-corrected chi connectivity index (χ4v) is 3.53. The second-order valence-corrected chi connectivity index (χ2v) is 7.43. The van der Waals surface area contributed by atoms with Crippen molar-refractivity contribution in [1.82, 2.24) is 4.90 Å². The van der Waals surface area contributed by atoms with Crippen LogP contribution in [0.25, 0.3) is 6.08 Å². The summed E-state index contributed by atoms with van der Waals surface area (Å²) in [6.07, 6.45) is 3.39. The van der Waals surface area contributed by atoms with Crippen molar-refractivity contribution in [3.8, 4) is 11.5 Å². The van der Waals surface area contributed by atoms with Crippen molar-refractivity contribution in [3.05, 3.63) is 39.7 Å². The molecule has 0 aromatic heterocycles. The zero-order chi connectivity index (χ0) is 18.6. The maximum atomic E-state index is 12.4. The van der Waals surface area contributed by atoms with E-state index in [-0.39, 0.29) is 17.2 Å². The number of nitrogens with one attached hydrogen (secondary N) is 1. The number of ether oxygens (including phenoxy) is 2. The van der Waals surface area contributed by atoms with Gasteiger partial charge in [0.1, 0.15) is 0 Å². The number of amides is 1. The van der Waals surface area contributed by atoms with E-state index in [0.29, 0.717) is 29.6 Å². The maximum Gasteiger partial charge on any atom is 0.267 e. The van der Waals surface area contributed by atoms with Crippen molar-refractivity contribution in [3.63, 3.8) is 0 Å². The van der Waals surface area contributed by atoms with Crippen LogP contribution in [0.4, 0.5) is 0 Å². The molecule has 0 spiro atoms. The number of carbonyl (C=O) groups is 1. The average molecular weight is 425 g/mol. The van der Waals surface area contributed by atoms with Gasteiger partial charge in [-0.2, -0.15) is 0 Å². The Labute approximate surface area is 160 Å². The van der Waals surface area contributed by atoms with Gasteiger partial charge in [0.05, 0.1) is 17.6 Å². The Hall–Kier alpha value is -1.73. The molecule has 25 heavy (non-hydrogen) atoms. The maximum absolute atomic E-state index is 12.4. The van der Waals surface area contributed by atoms with Gasteiger partial charge in [0.25, 0.3) is 5.91 Å². The molecule has 1 amide bonds. The minimum atomic E-state index is -0.192. The number of hydrogen-bond acceptors (Lipinski definition) is 5. The molecule has 134 valence electrons. The second-order valence-electron chi connectivity index (χ2n) is 5.54. The molecule has 1 N–H and O–H groups in total. The second kappa shape index (κ2) is 8.58. The van der Waals surface area contributed by atoms with Gasteiger partial charge in [0, 0.05) is 11.0 Å². The van der Waals surface area contributed by atoms with E-state index in [0.717, 1.165) is 21.8 Å². The van der Waals surface area contributed by atoms with Gasteiger partial charge in [-0.3, -0.25) is 15.1 Å². The number of thioether (sulfide) groups is 1. The molecule has 7 heteroatoms. The van der Waals surface area contributed by atoms with Crippen molar-refractivity contribution < 1.29 is 14.3 Å². The number of nitrogens with zero attached hydrogens (tertiary/aromatic N) is 1. The molecule has 0 atom stereocenters. The van der Waals surface area contributed by atoms with E-state index >= 15 is 0 Å². The number of carbonyl (C=O) groups excluding carboxylic acids is 1. The third kappa shape index (κ3) is 4.67. The Balaban J connectivity index is 2.39. The van der Waals surface area contributed by atoms with Crippen LogP contribution in [0.2, 0.25) is 0 Å². The lowest BCUT2D eigenvalue weighted by atomic mass is 10.1. The van der Waals surface area contributed by atoms with Crippen LogP contribution in [0, 0.1) is 5.41 Å². The minimum Gasteiger partial charge on any atom is -0.490 e. The SMILES string of the molecule is C=CCN1C(=N)S/C(=C\c2cc(OCC)c(OC(C)C)cc2Br)C1=O. The Kier molecular flexibility index (Phi) is 6.72. The van der Waals surface area contributed by atoms with E-state index in [1.165, 1.54) is 4.90 Å². The van der Waals surface area contributed by atoms with Crippen molar-refractivity contribution in [2.45, 2.75) is 26.9 Å². The van der Waals surface area contributed by atoms with Gasteiger partial charge in [-0.1, -0.05) is 22.0 Å². The fourth-order valence-electron chi connectivity index (χ4n) is 2.23. The predicted molar refractivity (Wildman–Crippen MR) is 106 cm³/mol. The van der Waals surface area contributed by atoms with Gasteiger partial charge in [-0.15, -0.1) is 6.58 Å². The van der Waals surface area contributed by atoms with E-state index < -0.39 is 0 Å². The summed E-state index contributed by atoms with van der Waals surface area (Å²) in [5.74, 6) is 1.08. The van der Waals surface area contributed by atoms with Crippen molar-refractivity contribution in [2.24, 2.45) is 0 Å². The molecule has 0 bridgehead atoms. The van der Waals surface area contributed by atoms with E-state index in [1.54, 1.807) is 12.2 Å². The van der Waals surface area contributed by atoms with Gasteiger partial charge in [0.2, 0.25) is 0 Å². The number of rotatable bonds is 7. The van der Waals surface area contributed by atoms with E-state index in [2.05, 4.69) is 22.5 Å². The molecule has 0 aliphatic carbocycles. The summed E-state index contributed by atoms with van der Waals surface area (Å²) in [5, 5.41) is 8.14. The van der Waals surface area contributed by atoms with Crippen LogP contribution >= 0.6 is 27.7 Å². The molecule has 1 aromatic rings. The quantitative estimate of drug-likeness (QED) is 0.509. The third-order valence-electron chi connectivity index (χ3n) is 3.23. The Bertz CT molecular complexity index is 731. The van der Waals surface area contributed by atoms with Gasteiger partial charge >= 0.3 is 0 Å². The summed E-state index contributed by atoms with van der Waals surface area (Å²) in [7, 11) is 0. The van der Waals surface area contributed by atoms with Gasteiger partial charge in [-0.05, 0) is 56.3 Å². The molecule has 1 fully saturated rings. The number of benzene rings is 1. The molecule has 1 aliphatic rings. The molecular weight excluding hydrogens is 404 g/mol. The largest absolute Gasteiger partial charge is 0.490 e. The van der Waals surface area contributed by atoms with Crippen LogP contribution < -0.4 is 9.47 Å². The van der Waals surface area contributed by atoms with Crippen LogP contribution in [-0.4, -0.2) is 35.2 Å². The summed E-state index contributed by atoms with van der Waals surface area (Å²) >= 11 is 4.67. The first kappa shape index (κ1) is 19.6. The molecular formula is C18H21BrN2O3S. The Morgan fingerprint density at radius 3 is 2.72 bits per heavy atom. The molecule has 5 nitrogen and oxygen atoms in total. The van der Waals surface area contributed by atoms with E-state index in [1.807, 2.05) is 32.9 Å². The number of hydrogen-bond donors (Lipinski definition) is 1. The molecule has 0 unspecified atom stereocenters. The highest BCUT2D eigenvalue weighted by atomic mass is 79.9. The van der Waals surface area contributed by atoms with Crippen molar-refractivity contribution in [2.75, 3.05) is 13.2 Å². The first-order valence-corrected chi connectivity index (χ1v) is 9.52. The summed E-state index contributed by atoms with van der Waals surface area (Å²) in [4.78, 5) is 14.3. The van der Waals surface area contributed by atoms with Gasteiger partial charge in [0.15, 0.2) is 16.7 Å². The summed E-state index contributed by atoms with van der Waals surface area (Å²) in [6.45, 7) is 10.3. The van der Waals surface area contributed by atoms with Crippen molar-refractivity contribution in [1.29, 1.82) is 5.41 Å². The molecule has 1 heterocycles. The summed E-state index contributed by atoms with van der Waals surface area (Å²) in [6, 6.07) is 3.68. The normalized spacial score (nSPS) is 16.0. The standard InChI is InChI=1S/C18H21BrN2O3S/c1-5-7-21-17(22)16(25-18(21)20)9-12-8-14(23-6-2)15(10-13(12)19)24-11(3)4/h5,8-11,20H,1,6-7H2,2-4H3/b16-9-,20-18?. The third-order valence-corrected chi connectivity index (χ3v) is 4.84. The molecule has 1 aromatic carbocycles. The minimum absolute atomic E-state index is 0.0233. The molecule has 1 aliphatic heterocycles. The van der Waals surface area contributed by atoms with Crippen LogP contribution in [0.3, 0.4) is 0 Å². The van der Waals surface area contributed by atoms with Gasteiger partial charge in [-0.25, -0.2) is 0 Å². The highest BCUT2D eigenvalue weighted by molar-refractivity contribution is 9.10. The van der Waals surface area contributed by atoms with E-state index in [4.69, 9.17) is 14.9 Å². The monoisotopic (exact) mass is 424 g/mol. The number of amidine groups is 1. The van der Waals surface area contributed by atoms with Crippen LogP contribution in [0.1, 0.15) is 26.3 Å². The highest BCUT2D eigenvalue weighted by Crippen LogP contribution is 2.38. The molecule has 1 saturated heterocycles. The first-order chi connectivity index (χ1) is 11.9. The van der Waals surface area contributed by atoms with Crippen LogP contribution in [0.15, 0.2) is 34.2 Å². The number of halogens is 1. The Morgan fingerprint density at radius 2 is 2.12 bits per heavy atom. The zero-order valence-electron chi connectivity index (χ0n) is 14.5. The lowest BCUT2D eigenvalue weighted by Gasteiger charge is -2.16. The molecule has 0 radical (unpaired) electrons. The van der Waals surface area contributed by atoms with Crippen LogP contribution in [0.5, 0.6) is 11.5 Å². The van der Waals surface area contributed by atoms with E-state index in [9.17, 15) is 4.79 Å². The zero-order valence-corrected chi connectivity index (χ0v) is 16.9. The summed E-state index contributed by atoms with van der Waals surface area (Å²) < 4.78 is 12.3. The lowest BCUT2D eigenvalue weighted by molar-refractivity contribution is -0.121. The fraction of sp³-hybridized carbons (Fsp3) is 0.333. The molecule has 2 rings (SSSR count). The predicted octanol–water partition coefficient (Wildman–Crippen LogP) is 4.67. The average Bonchev–Trinajstić information content (AvgIpc) is 2.79. The van der Waals surface area contributed by atoms with Gasteiger partial charge < -0.3 is 9.47 Å². The Morgan fingerprint density at radius 1 is 1.40 bits per heavy atom. The lowest BCUT2D eigenvalue weighted by Crippen LogP contribution is -2.28. The topological polar surface area (TPSA) is 62.6 Å².